The number of aryl methyl sites for hydroxylation is 3. The Hall–Kier alpha value is -1.62. The second kappa shape index (κ2) is 4.71. The van der Waals surface area contributed by atoms with Crippen LogP contribution in [0, 0.1) is 6.92 Å². The fraction of sp³-hybridized carbons (Fsp3) is 0.500. The number of aromatic nitrogens is 4. The number of nitrogens with two attached hydrogens (primary N) is 1. The minimum absolute atomic E-state index is 0.0381. The van der Waals surface area contributed by atoms with E-state index >= 15 is 0 Å². The van der Waals surface area contributed by atoms with Gasteiger partial charge in [0, 0.05) is 31.9 Å². The summed E-state index contributed by atoms with van der Waals surface area (Å²) in [5.74, 6) is 0. The first kappa shape index (κ1) is 11.9. The van der Waals surface area contributed by atoms with E-state index < -0.39 is 0 Å². The molecule has 0 saturated heterocycles. The lowest BCUT2D eigenvalue weighted by atomic mass is 10.1. The van der Waals surface area contributed by atoms with Crippen LogP contribution in [0.3, 0.4) is 0 Å². The molecular weight excluding hydrogens is 214 g/mol. The molecule has 0 aliphatic heterocycles. The number of hydrogen-bond donors (Lipinski definition) is 1. The minimum atomic E-state index is -0.0381. The fourth-order valence-electron chi connectivity index (χ4n) is 2.09. The van der Waals surface area contributed by atoms with Crippen LogP contribution in [0.2, 0.25) is 0 Å². The second-order valence-corrected chi connectivity index (χ2v) is 4.33. The summed E-state index contributed by atoms with van der Waals surface area (Å²) in [5, 5.41) is 4.42. The molecule has 0 aromatic carbocycles. The molecule has 17 heavy (non-hydrogen) atoms. The normalized spacial score (nSPS) is 12.9. The highest BCUT2D eigenvalue weighted by Crippen LogP contribution is 2.16. The van der Waals surface area contributed by atoms with Crippen molar-refractivity contribution in [2.45, 2.75) is 32.9 Å². The Morgan fingerprint density at radius 1 is 1.47 bits per heavy atom. The van der Waals surface area contributed by atoms with Gasteiger partial charge in [0.05, 0.1) is 23.8 Å². The van der Waals surface area contributed by atoms with Gasteiger partial charge < -0.3 is 10.3 Å². The van der Waals surface area contributed by atoms with Crippen LogP contribution in [-0.4, -0.2) is 19.3 Å². The third kappa shape index (κ3) is 2.39. The first-order chi connectivity index (χ1) is 8.11. The smallest absolute Gasteiger partial charge is 0.0946 e. The van der Waals surface area contributed by atoms with Crippen LogP contribution < -0.4 is 5.73 Å². The topological polar surface area (TPSA) is 61.7 Å². The molecule has 2 N–H and O–H groups in total. The van der Waals surface area contributed by atoms with Gasteiger partial charge in [0.1, 0.15) is 0 Å². The van der Waals surface area contributed by atoms with E-state index in [0.717, 1.165) is 24.4 Å². The van der Waals surface area contributed by atoms with Crippen molar-refractivity contribution in [3.8, 4) is 0 Å². The van der Waals surface area contributed by atoms with Gasteiger partial charge in [0.25, 0.3) is 0 Å². The van der Waals surface area contributed by atoms with Crippen LogP contribution in [0.5, 0.6) is 0 Å². The molecular formula is C12H19N5. The van der Waals surface area contributed by atoms with E-state index in [0.29, 0.717) is 0 Å². The van der Waals surface area contributed by atoms with E-state index in [9.17, 15) is 0 Å². The fourth-order valence-corrected chi connectivity index (χ4v) is 2.09. The Balaban J connectivity index is 2.18. The van der Waals surface area contributed by atoms with Crippen molar-refractivity contribution in [1.29, 1.82) is 0 Å². The van der Waals surface area contributed by atoms with Crippen molar-refractivity contribution in [1.82, 2.24) is 19.3 Å². The van der Waals surface area contributed by atoms with Gasteiger partial charge in [0.15, 0.2) is 0 Å². The maximum absolute atomic E-state index is 6.20. The van der Waals surface area contributed by atoms with Gasteiger partial charge in [-0.1, -0.05) is 0 Å². The average Bonchev–Trinajstić information content (AvgIpc) is 2.84. The van der Waals surface area contributed by atoms with Crippen molar-refractivity contribution < 1.29 is 0 Å². The Bertz CT molecular complexity index is 497. The van der Waals surface area contributed by atoms with E-state index in [2.05, 4.69) is 23.1 Å². The molecule has 0 aliphatic rings. The minimum Gasteiger partial charge on any atom is -0.336 e. The third-order valence-electron chi connectivity index (χ3n) is 2.95. The van der Waals surface area contributed by atoms with E-state index in [1.165, 1.54) is 5.69 Å². The Kier molecular flexibility index (Phi) is 3.28. The van der Waals surface area contributed by atoms with Crippen LogP contribution in [0.25, 0.3) is 0 Å². The Morgan fingerprint density at radius 2 is 2.24 bits per heavy atom. The molecule has 2 rings (SSSR count). The Labute approximate surface area is 101 Å². The highest BCUT2D eigenvalue weighted by atomic mass is 15.3. The van der Waals surface area contributed by atoms with Crippen molar-refractivity contribution in [2.24, 2.45) is 12.8 Å². The lowest BCUT2D eigenvalue weighted by Gasteiger charge is -2.12. The van der Waals surface area contributed by atoms with E-state index in [1.54, 1.807) is 6.33 Å². The van der Waals surface area contributed by atoms with Gasteiger partial charge in [-0.15, -0.1) is 0 Å². The molecule has 1 unspecified atom stereocenters. The first-order valence-corrected chi connectivity index (χ1v) is 5.87. The maximum Gasteiger partial charge on any atom is 0.0946 e. The van der Waals surface area contributed by atoms with Crippen LogP contribution in [0.4, 0.5) is 0 Å². The predicted molar refractivity (Wildman–Crippen MR) is 66.5 cm³/mol. The third-order valence-corrected chi connectivity index (χ3v) is 2.95. The highest BCUT2D eigenvalue weighted by molar-refractivity contribution is 5.14. The molecule has 0 aliphatic carbocycles. The monoisotopic (exact) mass is 233 g/mol. The molecule has 2 aromatic rings. The zero-order valence-corrected chi connectivity index (χ0v) is 10.6. The van der Waals surface area contributed by atoms with Gasteiger partial charge in [-0.05, 0) is 19.9 Å². The standard InChI is InChI=1S/C12H19N5/c1-4-17-10(5-9(2)15-17)6-11(13)12-7-14-8-16(12)3/h5,7-8,11H,4,6,13H2,1-3H3. The van der Waals surface area contributed by atoms with Crippen LogP contribution >= 0.6 is 0 Å². The van der Waals surface area contributed by atoms with Gasteiger partial charge >= 0.3 is 0 Å². The Morgan fingerprint density at radius 3 is 2.82 bits per heavy atom. The van der Waals surface area contributed by atoms with E-state index in [-0.39, 0.29) is 6.04 Å². The van der Waals surface area contributed by atoms with E-state index in [4.69, 9.17) is 5.73 Å². The molecule has 5 nitrogen and oxygen atoms in total. The molecule has 0 radical (unpaired) electrons. The summed E-state index contributed by atoms with van der Waals surface area (Å²) in [4.78, 5) is 4.09. The summed E-state index contributed by atoms with van der Waals surface area (Å²) >= 11 is 0. The highest BCUT2D eigenvalue weighted by Gasteiger charge is 2.13. The van der Waals surface area contributed by atoms with Gasteiger partial charge in [0.2, 0.25) is 0 Å². The van der Waals surface area contributed by atoms with Crippen molar-refractivity contribution >= 4 is 0 Å². The zero-order valence-electron chi connectivity index (χ0n) is 10.6. The maximum atomic E-state index is 6.20. The largest absolute Gasteiger partial charge is 0.336 e. The van der Waals surface area contributed by atoms with Crippen molar-refractivity contribution in [2.75, 3.05) is 0 Å². The molecule has 0 spiro atoms. The number of nitrogens with zero attached hydrogens (tertiary/aromatic N) is 4. The summed E-state index contributed by atoms with van der Waals surface area (Å²) in [6, 6.07) is 2.06. The number of hydrogen-bond acceptors (Lipinski definition) is 3. The summed E-state index contributed by atoms with van der Waals surface area (Å²) in [6.45, 7) is 4.97. The zero-order chi connectivity index (χ0) is 12.4. The van der Waals surface area contributed by atoms with Crippen LogP contribution in [-0.2, 0) is 20.0 Å². The molecule has 0 amide bonds. The number of rotatable bonds is 4. The molecule has 2 heterocycles. The lowest BCUT2D eigenvalue weighted by Crippen LogP contribution is -2.18. The van der Waals surface area contributed by atoms with E-state index in [1.807, 2.05) is 29.4 Å². The molecule has 2 aromatic heterocycles. The summed E-state index contributed by atoms with van der Waals surface area (Å²) in [6.07, 6.45) is 4.38. The lowest BCUT2D eigenvalue weighted by molar-refractivity contribution is 0.573. The van der Waals surface area contributed by atoms with Crippen molar-refractivity contribution in [3.05, 3.63) is 35.7 Å². The molecule has 5 heteroatoms. The molecule has 1 atom stereocenters. The molecule has 0 saturated carbocycles. The second-order valence-electron chi connectivity index (χ2n) is 4.33. The van der Waals surface area contributed by atoms with Gasteiger partial charge in [-0.3, -0.25) is 4.68 Å². The van der Waals surface area contributed by atoms with Crippen LogP contribution in [0.1, 0.15) is 30.0 Å². The average molecular weight is 233 g/mol. The summed E-state index contributed by atoms with van der Waals surface area (Å²) in [7, 11) is 1.96. The molecule has 0 bridgehead atoms. The molecule has 0 fully saturated rings. The van der Waals surface area contributed by atoms with Crippen LogP contribution in [0.15, 0.2) is 18.6 Å². The van der Waals surface area contributed by atoms with Gasteiger partial charge in [-0.25, -0.2) is 4.98 Å². The van der Waals surface area contributed by atoms with Crippen molar-refractivity contribution in [3.63, 3.8) is 0 Å². The summed E-state index contributed by atoms with van der Waals surface area (Å²) < 4.78 is 3.97. The SMILES string of the molecule is CCn1nc(C)cc1CC(N)c1cncn1C. The quantitative estimate of drug-likeness (QED) is 0.862. The molecule has 92 valence electrons. The number of imidazole rings is 1. The van der Waals surface area contributed by atoms with Gasteiger partial charge in [-0.2, -0.15) is 5.10 Å². The summed E-state index contributed by atoms with van der Waals surface area (Å²) in [5.41, 5.74) is 9.47. The predicted octanol–water partition coefficient (Wildman–Crippen LogP) is 1.19. The first-order valence-electron chi connectivity index (χ1n) is 5.87.